The molecule has 0 radical (unpaired) electrons. The molecular formula is C26H19BrCl2N2O5S. The maximum Gasteiger partial charge on any atom is 0.335 e. The number of nitrogens with zero attached hydrogens (tertiary/aromatic N) is 1. The molecule has 11 heteroatoms. The van der Waals surface area contributed by atoms with E-state index in [1.54, 1.807) is 54.6 Å². The van der Waals surface area contributed by atoms with Gasteiger partial charge in [-0.1, -0.05) is 41.4 Å². The van der Waals surface area contributed by atoms with Crippen LogP contribution in [0.3, 0.4) is 0 Å². The molecule has 3 aromatic rings. The first kappa shape index (κ1) is 27.1. The number of hydrogen-bond donors (Lipinski definition) is 2. The minimum absolute atomic E-state index is 0.143. The highest BCUT2D eigenvalue weighted by Crippen LogP contribution is 2.39. The molecule has 1 aliphatic heterocycles. The van der Waals surface area contributed by atoms with Crippen molar-refractivity contribution in [3.8, 4) is 11.5 Å². The number of halogens is 3. The van der Waals surface area contributed by atoms with Crippen LogP contribution in [-0.2, 0) is 11.4 Å². The van der Waals surface area contributed by atoms with Crippen molar-refractivity contribution >= 4 is 79.7 Å². The third-order valence-electron chi connectivity index (χ3n) is 4.99. The summed E-state index contributed by atoms with van der Waals surface area (Å²) >= 11 is 17.0. The van der Waals surface area contributed by atoms with Crippen LogP contribution in [0.25, 0.3) is 6.08 Å². The number of carboxylic acids is 1. The van der Waals surface area contributed by atoms with E-state index in [0.717, 1.165) is 0 Å². The second-order valence-corrected chi connectivity index (χ2v) is 10.3. The molecule has 1 fully saturated rings. The van der Waals surface area contributed by atoms with Gasteiger partial charge in [-0.15, -0.1) is 0 Å². The summed E-state index contributed by atoms with van der Waals surface area (Å²) in [5.74, 6) is -0.366. The average molecular weight is 622 g/mol. The third kappa shape index (κ3) is 6.67. The molecule has 0 spiro atoms. The van der Waals surface area contributed by atoms with Crippen LogP contribution in [0.2, 0.25) is 10.0 Å². The topological polar surface area (TPSA) is 97.2 Å². The summed E-state index contributed by atoms with van der Waals surface area (Å²) in [5, 5.41) is 13.0. The number of ether oxygens (including phenoxy) is 2. The number of nitrogens with one attached hydrogen (secondary N) is 1. The van der Waals surface area contributed by atoms with E-state index >= 15 is 0 Å². The van der Waals surface area contributed by atoms with Crippen LogP contribution in [0.1, 0.15) is 28.4 Å². The van der Waals surface area contributed by atoms with Gasteiger partial charge >= 0.3 is 5.97 Å². The van der Waals surface area contributed by atoms with E-state index in [1.165, 1.54) is 17.8 Å². The Balaban J connectivity index is 1.57. The summed E-state index contributed by atoms with van der Waals surface area (Å²) in [6, 6.07) is 15.2. The Morgan fingerprint density at radius 1 is 1.16 bits per heavy atom. The Bertz CT molecular complexity index is 1440. The number of rotatable bonds is 8. The Hall–Kier alpha value is -2.98. The third-order valence-corrected chi connectivity index (χ3v) is 7.30. The van der Waals surface area contributed by atoms with Gasteiger partial charge in [-0.3, -0.25) is 4.79 Å². The minimum atomic E-state index is -1.01. The van der Waals surface area contributed by atoms with E-state index in [4.69, 9.17) is 32.7 Å². The number of carbonyl (C=O) groups excluding carboxylic acids is 1. The van der Waals surface area contributed by atoms with Crippen LogP contribution < -0.4 is 14.8 Å². The van der Waals surface area contributed by atoms with E-state index in [1.807, 2.05) is 6.92 Å². The highest BCUT2D eigenvalue weighted by Gasteiger charge is 2.25. The number of benzene rings is 3. The van der Waals surface area contributed by atoms with Gasteiger partial charge in [-0.2, -0.15) is 0 Å². The summed E-state index contributed by atoms with van der Waals surface area (Å²) in [6.45, 7) is 2.39. The number of amides is 1. The van der Waals surface area contributed by atoms with Crippen molar-refractivity contribution in [1.29, 1.82) is 0 Å². The smallest absolute Gasteiger partial charge is 0.335 e. The number of amidine groups is 1. The van der Waals surface area contributed by atoms with Crippen molar-refractivity contribution in [3.05, 3.63) is 90.7 Å². The van der Waals surface area contributed by atoms with E-state index < -0.39 is 5.97 Å². The van der Waals surface area contributed by atoms with Crippen molar-refractivity contribution < 1.29 is 24.2 Å². The first-order chi connectivity index (χ1) is 17.7. The average Bonchev–Trinajstić information content (AvgIpc) is 3.20. The lowest BCUT2D eigenvalue weighted by Crippen LogP contribution is -2.19. The molecule has 37 heavy (non-hydrogen) atoms. The molecule has 190 valence electrons. The Morgan fingerprint density at radius 2 is 1.95 bits per heavy atom. The highest BCUT2D eigenvalue weighted by atomic mass is 79.9. The fourth-order valence-electron chi connectivity index (χ4n) is 3.34. The molecule has 0 atom stereocenters. The van der Waals surface area contributed by atoms with Crippen LogP contribution in [0.15, 0.2) is 69.0 Å². The van der Waals surface area contributed by atoms with Crippen molar-refractivity contribution in [1.82, 2.24) is 5.32 Å². The predicted octanol–water partition coefficient (Wildman–Crippen LogP) is 7.32. The van der Waals surface area contributed by atoms with Crippen LogP contribution in [0.5, 0.6) is 11.5 Å². The number of thioether (sulfide) groups is 1. The number of carboxylic acid groups (broad SMARTS) is 1. The molecule has 1 heterocycles. The molecule has 4 rings (SSSR count). The minimum Gasteiger partial charge on any atom is -0.490 e. The van der Waals surface area contributed by atoms with E-state index in [9.17, 15) is 14.7 Å². The van der Waals surface area contributed by atoms with Crippen LogP contribution in [0.4, 0.5) is 5.69 Å². The maximum absolute atomic E-state index is 12.6. The van der Waals surface area contributed by atoms with Crippen molar-refractivity contribution in [3.63, 3.8) is 0 Å². The Kier molecular flexibility index (Phi) is 8.81. The normalized spacial score (nSPS) is 15.2. The zero-order chi connectivity index (χ0) is 26.5. The van der Waals surface area contributed by atoms with Crippen LogP contribution in [0, 0.1) is 0 Å². The lowest BCUT2D eigenvalue weighted by molar-refractivity contribution is -0.115. The van der Waals surface area contributed by atoms with Crippen molar-refractivity contribution in [2.24, 2.45) is 4.99 Å². The highest BCUT2D eigenvalue weighted by molar-refractivity contribution is 9.10. The molecule has 0 aliphatic carbocycles. The zero-order valence-electron chi connectivity index (χ0n) is 19.3. The van der Waals surface area contributed by atoms with Gasteiger partial charge in [0.2, 0.25) is 0 Å². The molecule has 0 aromatic heterocycles. The summed E-state index contributed by atoms with van der Waals surface area (Å²) in [5.41, 5.74) is 2.04. The number of carbonyl (C=O) groups is 2. The Labute approximate surface area is 235 Å². The van der Waals surface area contributed by atoms with E-state index in [0.29, 0.717) is 59.5 Å². The summed E-state index contributed by atoms with van der Waals surface area (Å²) in [6.07, 6.45) is 1.72. The van der Waals surface area contributed by atoms with Crippen molar-refractivity contribution in [2.45, 2.75) is 13.5 Å². The zero-order valence-corrected chi connectivity index (χ0v) is 23.2. The summed E-state index contributed by atoms with van der Waals surface area (Å²) < 4.78 is 12.4. The number of aromatic carboxylic acids is 1. The molecule has 2 N–H and O–H groups in total. The largest absolute Gasteiger partial charge is 0.490 e. The summed E-state index contributed by atoms with van der Waals surface area (Å²) in [4.78, 5) is 28.7. The molecule has 1 saturated heterocycles. The molecule has 1 amide bonds. The molecule has 0 bridgehead atoms. The second-order valence-electron chi connectivity index (χ2n) is 7.61. The molecule has 0 saturated carbocycles. The van der Waals surface area contributed by atoms with Gasteiger partial charge in [0.15, 0.2) is 16.7 Å². The summed E-state index contributed by atoms with van der Waals surface area (Å²) in [7, 11) is 0. The predicted molar refractivity (Wildman–Crippen MR) is 150 cm³/mol. The van der Waals surface area contributed by atoms with Gasteiger partial charge in [0.1, 0.15) is 6.61 Å². The second kappa shape index (κ2) is 12.0. The molecule has 7 nitrogen and oxygen atoms in total. The van der Waals surface area contributed by atoms with Crippen LogP contribution >= 0.6 is 50.9 Å². The van der Waals surface area contributed by atoms with Gasteiger partial charge < -0.3 is 19.9 Å². The SMILES string of the molecule is CCOc1cc(/C=C2/SC(=Nc3cccc(Cl)c3Cl)NC2=O)cc(Br)c1OCc1cccc(C(=O)O)c1. The van der Waals surface area contributed by atoms with Crippen molar-refractivity contribution in [2.75, 3.05) is 6.61 Å². The van der Waals surface area contributed by atoms with Gasteiger partial charge in [-0.25, -0.2) is 9.79 Å². The first-order valence-electron chi connectivity index (χ1n) is 10.9. The van der Waals surface area contributed by atoms with E-state index in [2.05, 4.69) is 26.2 Å². The molecule has 3 aromatic carbocycles. The molecule has 1 aliphatic rings. The quantitative estimate of drug-likeness (QED) is 0.256. The number of aliphatic imine (C=N–C) groups is 1. The standard InChI is InChI=1S/C26H19BrCl2N2O5S/c1-2-35-20-11-15(10-17(27)23(20)36-13-14-5-3-6-16(9-14)25(33)34)12-21-24(32)31-26(37-21)30-19-8-4-7-18(28)22(19)29/h3-12H,2,13H2,1H3,(H,33,34)(H,30,31,32)/b21-12+. The van der Waals surface area contributed by atoms with Gasteiger partial charge in [0, 0.05) is 0 Å². The van der Waals surface area contributed by atoms with Gasteiger partial charge in [0.25, 0.3) is 5.91 Å². The molecular weight excluding hydrogens is 603 g/mol. The van der Waals surface area contributed by atoms with E-state index in [-0.39, 0.29) is 18.1 Å². The lowest BCUT2D eigenvalue weighted by Gasteiger charge is -2.15. The fourth-order valence-corrected chi connectivity index (χ4v) is 5.09. The maximum atomic E-state index is 12.6. The fraction of sp³-hybridized carbons (Fsp3) is 0.115. The number of hydrogen-bond acceptors (Lipinski definition) is 6. The van der Waals surface area contributed by atoms with Gasteiger partial charge in [0.05, 0.1) is 37.3 Å². The van der Waals surface area contributed by atoms with Crippen LogP contribution in [-0.4, -0.2) is 28.8 Å². The molecule has 0 unspecified atom stereocenters. The first-order valence-corrected chi connectivity index (χ1v) is 13.3. The van der Waals surface area contributed by atoms with Gasteiger partial charge in [-0.05, 0) is 88.2 Å². The Morgan fingerprint density at radius 3 is 2.70 bits per heavy atom. The lowest BCUT2D eigenvalue weighted by atomic mass is 10.1. The monoisotopic (exact) mass is 620 g/mol.